The highest BCUT2D eigenvalue weighted by Gasteiger charge is 2.33. The predicted molar refractivity (Wildman–Crippen MR) is 134 cm³/mol. The van der Waals surface area contributed by atoms with Crippen molar-refractivity contribution in [3.8, 4) is 11.6 Å². The fourth-order valence-electron chi connectivity index (χ4n) is 5.20. The Kier molecular flexibility index (Phi) is 4.92. The lowest BCUT2D eigenvalue weighted by Crippen LogP contribution is -2.28. The predicted octanol–water partition coefficient (Wildman–Crippen LogP) is 6.00. The topological polar surface area (TPSA) is 74.0 Å². The summed E-state index contributed by atoms with van der Waals surface area (Å²) in [7, 11) is 0. The normalized spacial score (nSPS) is 16.6. The van der Waals surface area contributed by atoms with E-state index in [0.29, 0.717) is 29.5 Å². The molecule has 0 amide bonds. The van der Waals surface area contributed by atoms with Crippen molar-refractivity contribution in [2.45, 2.75) is 66.8 Å². The summed E-state index contributed by atoms with van der Waals surface area (Å²) in [5.74, 6) is 2.81. The third-order valence-corrected chi connectivity index (χ3v) is 8.86. The van der Waals surface area contributed by atoms with Gasteiger partial charge in [0.05, 0.1) is 17.6 Å². The molecule has 0 N–H and O–H groups in total. The van der Waals surface area contributed by atoms with E-state index in [-0.39, 0.29) is 0 Å². The van der Waals surface area contributed by atoms with Crippen LogP contribution in [0.5, 0.6) is 0 Å². The first-order valence-corrected chi connectivity index (χ1v) is 12.9. The van der Waals surface area contributed by atoms with Crippen molar-refractivity contribution >= 4 is 27.2 Å². The van der Waals surface area contributed by atoms with E-state index in [1.165, 1.54) is 28.7 Å². The lowest BCUT2D eigenvalue weighted by molar-refractivity contribution is 0.184. The van der Waals surface area contributed by atoms with E-state index in [9.17, 15) is 0 Å². The smallest absolute Gasteiger partial charge is 0.217 e. The molecule has 7 nitrogen and oxygen atoms in total. The third kappa shape index (κ3) is 3.47. The van der Waals surface area contributed by atoms with Crippen molar-refractivity contribution in [2.24, 2.45) is 11.3 Å². The lowest BCUT2D eigenvalue weighted by Gasteiger charge is -2.36. The molecule has 0 aromatic carbocycles. The molecule has 0 fully saturated rings. The van der Waals surface area contributed by atoms with E-state index >= 15 is 0 Å². The van der Waals surface area contributed by atoms with Crippen LogP contribution < -0.4 is 0 Å². The summed E-state index contributed by atoms with van der Waals surface area (Å²) in [5, 5.41) is 10.4. The minimum absolute atomic E-state index is 0.364. The molecule has 1 unspecified atom stereocenters. The Labute approximate surface area is 202 Å². The fourth-order valence-corrected chi connectivity index (χ4v) is 6.46. The first-order valence-electron chi connectivity index (χ1n) is 12.1. The van der Waals surface area contributed by atoms with Gasteiger partial charge < -0.3 is 4.42 Å². The van der Waals surface area contributed by atoms with E-state index in [4.69, 9.17) is 19.5 Å². The largest absolute Gasteiger partial charge is 0.456 e. The van der Waals surface area contributed by atoms with Crippen molar-refractivity contribution in [1.82, 2.24) is 29.4 Å². The molecule has 34 heavy (non-hydrogen) atoms. The number of fused-ring (bicyclic) bond motifs is 5. The van der Waals surface area contributed by atoms with Gasteiger partial charge in [0.15, 0.2) is 11.4 Å². The molecule has 6 rings (SSSR count). The number of hydrogen-bond acceptors (Lipinski definition) is 6. The van der Waals surface area contributed by atoms with Gasteiger partial charge in [0.2, 0.25) is 5.82 Å². The first-order chi connectivity index (χ1) is 16.3. The van der Waals surface area contributed by atoms with Crippen molar-refractivity contribution in [2.75, 3.05) is 0 Å². The van der Waals surface area contributed by atoms with E-state index < -0.39 is 0 Å². The van der Waals surface area contributed by atoms with Crippen LogP contribution in [0.15, 0.2) is 28.9 Å². The number of thiophene rings is 1. The molecular formula is C26H30N6OS. The van der Waals surface area contributed by atoms with Crippen LogP contribution in [0, 0.1) is 25.2 Å². The SMILES string of the molecule is CCC(C)(C)C1CCc2c(sc3ncn4nc(-c5ccc(Cn6nc(C)cc6C)o5)nc4c23)C1. The summed E-state index contributed by atoms with van der Waals surface area (Å²) >= 11 is 1.83. The number of nitrogens with zero attached hydrogens (tertiary/aromatic N) is 6. The third-order valence-electron chi connectivity index (χ3n) is 7.69. The fraction of sp³-hybridized carbons (Fsp3) is 0.462. The average molecular weight is 475 g/mol. The molecule has 8 heteroatoms. The van der Waals surface area contributed by atoms with E-state index in [2.05, 4.69) is 38.9 Å². The molecule has 0 aliphatic heterocycles. The van der Waals surface area contributed by atoms with Gasteiger partial charge in [-0.1, -0.05) is 27.2 Å². The molecule has 5 aromatic rings. The molecule has 0 radical (unpaired) electrons. The lowest BCUT2D eigenvalue weighted by atomic mass is 9.70. The molecule has 5 heterocycles. The first kappa shape index (κ1) is 21.5. The molecular weight excluding hydrogens is 444 g/mol. The van der Waals surface area contributed by atoms with Gasteiger partial charge in [-0.05, 0) is 68.2 Å². The summed E-state index contributed by atoms with van der Waals surface area (Å²) in [6.45, 7) is 11.8. The maximum Gasteiger partial charge on any atom is 0.217 e. The van der Waals surface area contributed by atoms with Crippen LogP contribution in [0.4, 0.5) is 0 Å². The van der Waals surface area contributed by atoms with Crippen LogP contribution in [0.1, 0.15) is 61.2 Å². The van der Waals surface area contributed by atoms with Crippen molar-refractivity contribution < 1.29 is 4.42 Å². The summed E-state index contributed by atoms with van der Waals surface area (Å²) in [6, 6.07) is 5.99. The molecule has 1 atom stereocenters. The van der Waals surface area contributed by atoms with Crippen molar-refractivity contribution in [1.29, 1.82) is 0 Å². The van der Waals surface area contributed by atoms with E-state index in [1.807, 2.05) is 35.1 Å². The summed E-state index contributed by atoms with van der Waals surface area (Å²) in [5.41, 5.74) is 4.78. The van der Waals surface area contributed by atoms with Gasteiger partial charge in [-0.2, -0.15) is 5.10 Å². The Morgan fingerprint density at radius 3 is 2.82 bits per heavy atom. The number of furan rings is 1. The van der Waals surface area contributed by atoms with Gasteiger partial charge in [0.1, 0.15) is 16.9 Å². The van der Waals surface area contributed by atoms with Crippen LogP contribution >= 0.6 is 11.3 Å². The second-order valence-corrected chi connectivity index (χ2v) is 11.3. The van der Waals surface area contributed by atoms with E-state index in [1.54, 1.807) is 10.8 Å². The summed E-state index contributed by atoms with van der Waals surface area (Å²) in [4.78, 5) is 12.2. The molecule has 176 valence electrons. The van der Waals surface area contributed by atoms with Gasteiger partial charge in [0, 0.05) is 10.6 Å². The Balaban J connectivity index is 1.35. The van der Waals surface area contributed by atoms with Gasteiger partial charge >= 0.3 is 0 Å². The molecule has 5 aromatic heterocycles. The van der Waals surface area contributed by atoms with Crippen LogP contribution in [0.3, 0.4) is 0 Å². The highest BCUT2D eigenvalue weighted by atomic mass is 32.1. The Morgan fingerprint density at radius 1 is 1.21 bits per heavy atom. The van der Waals surface area contributed by atoms with Gasteiger partial charge in [-0.25, -0.2) is 14.5 Å². The van der Waals surface area contributed by atoms with Crippen molar-refractivity contribution in [3.05, 3.63) is 52.1 Å². The van der Waals surface area contributed by atoms with Crippen LogP contribution in [-0.4, -0.2) is 29.4 Å². The second-order valence-electron chi connectivity index (χ2n) is 10.3. The molecule has 0 bridgehead atoms. The van der Waals surface area contributed by atoms with Crippen molar-refractivity contribution in [3.63, 3.8) is 0 Å². The quantitative estimate of drug-likeness (QED) is 0.312. The number of hydrogen-bond donors (Lipinski definition) is 0. The Bertz CT molecular complexity index is 1520. The number of rotatable bonds is 5. The molecule has 0 saturated heterocycles. The average Bonchev–Trinajstić information content (AvgIpc) is 3.57. The zero-order chi connectivity index (χ0) is 23.6. The zero-order valence-corrected chi connectivity index (χ0v) is 21.2. The molecule has 1 aliphatic rings. The second kappa shape index (κ2) is 7.77. The molecule has 0 saturated carbocycles. The van der Waals surface area contributed by atoms with Gasteiger partial charge in [0.25, 0.3) is 0 Å². The highest BCUT2D eigenvalue weighted by molar-refractivity contribution is 7.19. The number of aryl methyl sites for hydroxylation is 3. The van der Waals surface area contributed by atoms with Gasteiger partial charge in [-0.3, -0.25) is 4.68 Å². The monoisotopic (exact) mass is 474 g/mol. The highest BCUT2D eigenvalue weighted by Crippen LogP contribution is 2.45. The maximum atomic E-state index is 6.12. The Hall–Kier alpha value is -3.00. The van der Waals surface area contributed by atoms with Crippen LogP contribution in [-0.2, 0) is 19.4 Å². The minimum Gasteiger partial charge on any atom is -0.456 e. The van der Waals surface area contributed by atoms with E-state index in [0.717, 1.165) is 40.5 Å². The molecule has 0 spiro atoms. The number of aromatic nitrogens is 6. The minimum atomic E-state index is 0.364. The van der Waals surface area contributed by atoms with Gasteiger partial charge in [-0.15, -0.1) is 16.4 Å². The zero-order valence-electron chi connectivity index (χ0n) is 20.4. The summed E-state index contributed by atoms with van der Waals surface area (Å²) < 4.78 is 9.87. The maximum absolute atomic E-state index is 6.12. The summed E-state index contributed by atoms with van der Waals surface area (Å²) in [6.07, 6.45) is 6.43. The van der Waals surface area contributed by atoms with Crippen LogP contribution in [0.25, 0.3) is 27.4 Å². The molecule has 1 aliphatic carbocycles. The van der Waals surface area contributed by atoms with Crippen LogP contribution in [0.2, 0.25) is 0 Å². The Morgan fingerprint density at radius 2 is 2.06 bits per heavy atom. The standard InChI is InChI=1S/C26H30N6OS/c1-6-26(4,5)17-7-9-19-21(12-17)34-25-22(19)24-28-23(30-32(24)14-27-25)20-10-8-18(33-20)13-31-16(3)11-15(2)29-31/h8,10-11,14,17H,6-7,9,12-13H2,1-5H3.